The summed E-state index contributed by atoms with van der Waals surface area (Å²) in [6.45, 7) is 4.29. The van der Waals surface area contributed by atoms with E-state index in [9.17, 15) is 9.59 Å². The monoisotopic (exact) mass is 309 g/mol. The molecule has 0 radical (unpaired) electrons. The minimum Gasteiger partial charge on any atom is -0.425 e. The number of piperidine rings is 1. The number of amides is 1. The second-order valence-corrected chi connectivity index (χ2v) is 5.69. The smallest absolute Gasteiger partial charge is 0.334 e. The van der Waals surface area contributed by atoms with Gasteiger partial charge in [0.15, 0.2) is 0 Å². The quantitative estimate of drug-likeness (QED) is 0.635. The van der Waals surface area contributed by atoms with E-state index in [2.05, 4.69) is 0 Å². The van der Waals surface area contributed by atoms with Gasteiger partial charge in [-0.3, -0.25) is 4.79 Å². The first kappa shape index (κ1) is 15.8. The summed E-state index contributed by atoms with van der Waals surface area (Å²) in [7, 11) is 0. The molecule has 0 spiro atoms. The van der Waals surface area contributed by atoms with Gasteiger partial charge in [0.2, 0.25) is 5.91 Å². The van der Waals surface area contributed by atoms with Gasteiger partial charge in [0.25, 0.3) is 0 Å². The summed E-state index contributed by atoms with van der Waals surface area (Å²) in [4.78, 5) is 25.9. The molecule has 1 aliphatic rings. The first-order valence-corrected chi connectivity index (χ1v) is 7.68. The molecule has 1 heterocycles. The zero-order valence-corrected chi connectivity index (χ0v) is 13.2. The van der Waals surface area contributed by atoms with Crippen LogP contribution in [-0.2, 0) is 9.59 Å². The van der Waals surface area contributed by atoms with Crippen LogP contribution in [0.2, 0.25) is 5.02 Å². The number of esters is 1. The summed E-state index contributed by atoms with van der Waals surface area (Å²) in [6.07, 6.45) is 2.95. The Bertz CT molecular complexity index is 544. The normalized spacial score (nSPS) is 18.4. The summed E-state index contributed by atoms with van der Waals surface area (Å²) in [6, 6.07) is 4.63. The fourth-order valence-electron chi connectivity index (χ4n) is 2.54. The van der Waals surface area contributed by atoms with Crippen molar-refractivity contribution in [3.05, 3.63) is 28.8 Å². The van der Waals surface area contributed by atoms with E-state index < -0.39 is 6.04 Å². The molecule has 0 bridgehead atoms. The van der Waals surface area contributed by atoms with Gasteiger partial charge in [-0.25, -0.2) is 4.79 Å². The van der Waals surface area contributed by atoms with Crippen molar-refractivity contribution in [2.24, 2.45) is 0 Å². The molecule has 114 valence electrons. The third kappa shape index (κ3) is 3.76. The topological polar surface area (TPSA) is 46.6 Å². The number of carbonyl (C=O) groups is 2. The van der Waals surface area contributed by atoms with E-state index >= 15 is 0 Å². The molecule has 5 heteroatoms. The van der Waals surface area contributed by atoms with Gasteiger partial charge in [0.05, 0.1) is 0 Å². The van der Waals surface area contributed by atoms with Crippen molar-refractivity contribution in [2.75, 3.05) is 6.54 Å². The molecule has 0 saturated carbocycles. The molecule has 1 atom stereocenters. The van der Waals surface area contributed by atoms with Crippen LogP contribution in [0.4, 0.5) is 0 Å². The highest BCUT2D eigenvalue weighted by atomic mass is 35.5. The second kappa shape index (κ2) is 6.94. The Kier molecular flexibility index (Phi) is 5.23. The Labute approximate surface area is 130 Å². The van der Waals surface area contributed by atoms with Crippen molar-refractivity contribution in [3.63, 3.8) is 0 Å². The maximum atomic E-state index is 12.3. The summed E-state index contributed by atoms with van der Waals surface area (Å²) in [5.74, 6) is 0.110. The van der Waals surface area contributed by atoms with E-state index in [4.69, 9.17) is 16.3 Å². The molecule has 1 unspecified atom stereocenters. The Balaban J connectivity index is 2.10. The number of hydrogen-bond donors (Lipinski definition) is 0. The lowest BCUT2D eigenvalue weighted by Crippen LogP contribution is -2.49. The third-order valence-electron chi connectivity index (χ3n) is 3.75. The molecule has 1 aromatic rings. The number of ether oxygens (including phenoxy) is 1. The molecule has 4 nitrogen and oxygen atoms in total. The van der Waals surface area contributed by atoms with Crippen LogP contribution in [0.1, 0.15) is 38.2 Å². The van der Waals surface area contributed by atoms with Gasteiger partial charge in [-0.1, -0.05) is 18.5 Å². The third-order valence-corrected chi connectivity index (χ3v) is 4.17. The fraction of sp³-hybridized carbons (Fsp3) is 0.500. The first-order valence-electron chi connectivity index (χ1n) is 7.30. The molecule has 1 aliphatic heterocycles. The minimum atomic E-state index is -0.470. The van der Waals surface area contributed by atoms with Crippen LogP contribution >= 0.6 is 11.6 Å². The molecular formula is C16H20ClNO3. The largest absolute Gasteiger partial charge is 0.425 e. The van der Waals surface area contributed by atoms with Crippen molar-refractivity contribution in [1.29, 1.82) is 0 Å². The van der Waals surface area contributed by atoms with Crippen LogP contribution in [-0.4, -0.2) is 29.4 Å². The van der Waals surface area contributed by atoms with E-state index in [0.29, 0.717) is 30.2 Å². The zero-order chi connectivity index (χ0) is 15.4. The Morgan fingerprint density at radius 2 is 2.14 bits per heavy atom. The Hall–Kier alpha value is -1.55. The molecular weight excluding hydrogens is 290 g/mol. The number of carbonyl (C=O) groups excluding carboxylic acids is 2. The maximum Gasteiger partial charge on any atom is 0.334 e. The number of nitrogens with zero attached hydrogens (tertiary/aromatic N) is 1. The van der Waals surface area contributed by atoms with Gasteiger partial charge in [-0.15, -0.1) is 0 Å². The molecule has 0 N–H and O–H groups in total. The van der Waals surface area contributed by atoms with Gasteiger partial charge in [0, 0.05) is 18.0 Å². The van der Waals surface area contributed by atoms with E-state index in [-0.39, 0.29) is 11.9 Å². The minimum absolute atomic E-state index is 0.00365. The average Bonchev–Trinajstić information content (AvgIpc) is 2.50. The summed E-state index contributed by atoms with van der Waals surface area (Å²) >= 11 is 5.96. The second-order valence-electron chi connectivity index (χ2n) is 5.28. The maximum absolute atomic E-state index is 12.3. The standard InChI is InChI=1S/C16H20ClNO3/c1-3-15(19)18-9-5-4-6-14(18)16(20)21-12-7-8-13(17)11(2)10-12/h7-8,10,14H,3-6,9H2,1-2H3. The number of halogens is 1. The van der Waals surface area contributed by atoms with Crippen LogP contribution in [0.5, 0.6) is 5.75 Å². The van der Waals surface area contributed by atoms with Crippen LogP contribution in [0.25, 0.3) is 0 Å². The van der Waals surface area contributed by atoms with Crippen molar-refractivity contribution >= 4 is 23.5 Å². The molecule has 1 amide bonds. The highest BCUT2D eigenvalue weighted by Crippen LogP contribution is 2.24. The number of hydrogen-bond acceptors (Lipinski definition) is 3. The summed E-state index contributed by atoms with van der Waals surface area (Å²) in [5.41, 5.74) is 0.854. The predicted octanol–water partition coefficient (Wildman–Crippen LogP) is 3.34. The number of rotatable bonds is 3. The van der Waals surface area contributed by atoms with Gasteiger partial charge in [-0.2, -0.15) is 0 Å². The van der Waals surface area contributed by atoms with Gasteiger partial charge >= 0.3 is 5.97 Å². The van der Waals surface area contributed by atoms with E-state index in [1.165, 1.54) is 0 Å². The van der Waals surface area contributed by atoms with Crippen molar-refractivity contribution < 1.29 is 14.3 Å². The highest BCUT2D eigenvalue weighted by Gasteiger charge is 2.32. The summed E-state index contributed by atoms with van der Waals surface area (Å²) in [5, 5.41) is 0.634. The van der Waals surface area contributed by atoms with E-state index in [1.807, 2.05) is 13.8 Å². The lowest BCUT2D eigenvalue weighted by atomic mass is 10.0. The van der Waals surface area contributed by atoms with Gasteiger partial charge < -0.3 is 9.64 Å². The molecule has 2 rings (SSSR count). The Morgan fingerprint density at radius 3 is 2.81 bits per heavy atom. The predicted molar refractivity (Wildman–Crippen MR) is 81.5 cm³/mol. The molecule has 1 fully saturated rings. The van der Waals surface area contributed by atoms with E-state index in [1.54, 1.807) is 23.1 Å². The van der Waals surface area contributed by atoms with Gasteiger partial charge in [0.1, 0.15) is 11.8 Å². The molecule has 1 aromatic carbocycles. The lowest BCUT2D eigenvalue weighted by molar-refractivity contribution is -0.149. The highest BCUT2D eigenvalue weighted by molar-refractivity contribution is 6.31. The van der Waals surface area contributed by atoms with Crippen LogP contribution in [0, 0.1) is 6.92 Å². The molecule has 1 saturated heterocycles. The van der Waals surface area contributed by atoms with Gasteiger partial charge in [-0.05, 0) is 49.9 Å². The average molecular weight is 310 g/mol. The van der Waals surface area contributed by atoms with Crippen molar-refractivity contribution in [3.8, 4) is 5.75 Å². The van der Waals surface area contributed by atoms with Crippen LogP contribution < -0.4 is 4.74 Å². The molecule has 0 aromatic heterocycles. The Morgan fingerprint density at radius 1 is 1.38 bits per heavy atom. The number of benzene rings is 1. The first-order chi connectivity index (χ1) is 10.0. The number of aryl methyl sites for hydroxylation is 1. The number of likely N-dealkylation sites (tertiary alicyclic amines) is 1. The van der Waals surface area contributed by atoms with Crippen molar-refractivity contribution in [1.82, 2.24) is 4.90 Å². The molecule has 21 heavy (non-hydrogen) atoms. The SMILES string of the molecule is CCC(=O)N1CCCCC1C(=O)Oc1ccc(Cl)c(C)c1. The fourth-order valence-corrected chi connectivity index (χ4v) is 2.66. The lowest BCUT2D eigenvalue weighted by Gasteiger charge is -2.33. The van der Waals surface area contributed by atoms with Crippen molar-refractivity contribution in [2.45, 2.75) is 45.6 Å². The zero-order valence-electron chi connectivity index (χ0n) is 12.4. The van der Waals surface area contributed by atoms with Crippen LogP contribution in [0.15, 0.2) is 18.2 Å². The van der Waals surface area contributed by atoms with E-state index in [0.717, 1.165) is 18.4 Å². The molecule has 0 aliphatic carbocycles. The van der Waals surface area contributed by atoms with Crippen LogP contribution in [0.3, 0.4) is 0 Å². The summed E-state index contributed by atoms with van der Waals surface area (Å²) < 4.78 is 5.42.